The molecular weight excluding hydrogens is 330 g/mol. The largest absolute Gasteiger partial charge is 0.370 e. The molecule has 7 heteroatoms. The van der Waals surface area contributed by atoms with Gasteiger partial charge in [-0.25, -0.2) is 4.68 Å². The smallest absolute Gasteiger partial charge is 0.268 e. The van der Waals surface area contributed by atoms with Gasteiger partial charge in [0.05, 0.1) is 11.9 Å². The van der Waals surface area contributed by atoms with Crippen LogP contribution in [-0.2, 0) is 7.05 Å². The number of H-pyrrole nitrogens is 1. The van der Waals surface area contributed by atoms with Gasteiger partial charge in [0.2, 0.25) is 0 Å². The molecule has 0 spiro atoms. The first-order valence-electron chi connectivity index (χ1n) is 8.74. The average molecular weight is 351 g/mol. The summed E-state index contributed by atoms with van der Waals surface area (Å²) in [5, 5.41) is 8.19. The quantitative estimate of drug-likeness (QED) is 0.747. The summed E-state index contributed by atoms with van der Waals surface area (Å²) in [5.74, 6) is 0.299. The highest BCUT2D eigenvalue weighted by Crippen LogP contribution is 2.21. The molecule has 0 aliphatic carbocycles. The first-order valence-corrected chi connectivity index (χ1v) is 8.74. The Balaban J connectivity index is 1.35. The number of anilines is 1. The number of carbonyl (C=O) groups excluding carboxylic acids is 1. The van der Waals surface area contributed by atoms with Crippen molar-refractivity contribution < 1.29 is 4.79 Å². The number of fused-ring (bicyclic) bond motifs is 1. The Morgan fingerprint density at radius 3 is 3.08 bits per heavy atom. The van der Waals surface area contributed by atoms with Gasteiger partial charge < -0.3 is 15.2 Å². The third-order valence-electron chi connectivity index (χ3n) is 4.97. The third-order valence-corrected chi connectivity index (χ3v) is 4.97. The highest BCUT2D eigenvalue weighted by Gasteiger charge is 2.24. The Morgan fingerprint density at radius 2 is 2.23 bits per heavy atom. The van der Waals surface area contributed by atoms with Gasteiger partial charge >= 0.3 is 0 Å². The second-order valence-corrected chi connectivity index (χ2v) is 6.77. The van der Waals surface area contributed by atoms with Gasteiger partial charge in [-0.3, -0.25) is 9.59 Å². The lowest BCUT2D eigenvalue weighted by Gasteiger charge is -2.18. The van der Waals surface area contributed by atoms with Crippen molar-refractivity contribution in [3.8, 4) is 0 Å². The fraction of sp³-hybridized carbons (Fsp3) is 0.316. The molecule has 1 aromatic carbocycles. The van der Waals surface area contributed by atoms with E-state index in [1.165, 1.54) is 4.68 Å². The highest BCUT2D eigenvalue weighted by molar-refractivity contribution is 5.97. The topological polar surface area (TPSA) is 83.0 Å². The monoisotopic (exact) mass is 351 g/mol. The van der Waals surface area contributed by atoms with Crippen LogP contribution >= 0.6 is 0 Å². The van der Waals surface area contributed by atoms with E-state index in [1.807, 2.05) is 30.5 Å². The molecule has 3 heterocycles. The Hall–Kier alpha value is -3.09. The van der Waals surface area contributed by atoms with E-state index in [4.69, 9.17) is 0 Å². The van der Waals surface area contributed by atoms with E-state index in [2.05, 4.69) is 20.3 Å². The van der Waals surface area contributed by atoms with E-state index in [1.54, 1.807) is 19.3 Å². The standard InChI is InChI=1S/C19H21N5O2/c1-23-18(25)9-16(11-22-23)24-7-5-13(12-24)10-21-19(26)15-3-2-14-4-6-20-17(14)8-15/h2-4,6,8-9,11,13,20H,5,7,10,12H2,1H3,(H,21,26)/t13-/m1/s1. The number of nitrogens with one attached hydrogen (secondary N) is 2. The molecule has 2 aromatic heterocycles. The Morgan fingerprint density at radius 1 is 1.35 bits per heavy atom. The number of hydrogen-bond donors (Lipinski definition) is 2. The molecular formula is C19H21N5O2. The zero-order valence-electron chi connectivity index (χ0n) is 14.6. The molecule has 2 N–H and O–H groups in total. The molecule has 26 heavy (non-hydrogen) atoms. The number of carbonyl (C=O) groups is 1. The molecule has 0 unspecified atom stereocenters. The summed E-state index contributed by atoms with van der Waals surface area (Å²) in [6, 6.07) is 9.26. The van der Waals surface area contributed by atoms with Crippen LogP contribution in [0, 0.1) is 5.92 Å². The zero-order chi connectivity index (χ0) is 18.1. The number of benzene rings is 1. The predicted octanol–water partition coefficient (Wildman–Crippen LogP) is 1.52. The van der Waals surface area contributed by atoms with Gasteiger partial charge in [-0.15, -0.1) is 0 Å². The average Bonchev–Trinajstić information content (AvgIpc) is 3.30. The first-order chi connectivity index (χ1) is 12.6. The Labute approximate surface area is 150 Å². The summed E-state index contributed by atoms with van der Waals surface area (Å²) in [6.07, 6.45) is 4.56. The molecule has 1 atom stereocenters. The van der Waals surface area contributed by atoms with E-state index in [9.17, 15) is 9.59 Å². The minimum atomic E-state index is -0.112. The van der Waals surface area contributed by atoms with Crippen molar-refractivity contribution in [3.63, 3.8) is 0 Å². The molecule has 7 nitrogen and oxygen atoms in total. The van der Waals surface area contributed by atoms with E-state index in [0.29, 0.717) is 18.0 Å². The SMILES string of the molecule is Cn1ncc(N2CC[C@H](CNC(=O)c3ccc4cc[nH]c4c3)C2)cc1=O. The van der Waals surface area contributed by atoms with Crippen LogP contribution in [0.4, 0.5) is 5.69 Å². The second kappa shape index (κ2) is 6.67. The van der Waals surface area contributed by atoms with Crippen molar-refractivity contribution in [2.45, 2.75) is 6.42 Å². The van der Waals surface area contributed by atoms with Gasteiger partial charge in [0.1, 0.15) is 0 Å². The van der Waals surface area contributed by atoms with E-state index in [0.717, 1.165) is 36.1 Å². The zero-order valence-corrected chi connectivity index (χ0v) is 14.6. The fourth-order valence-corrected chi connectivity index (χ4v) is 3.39. The Kier molecular flexibility index (Phi) is 4.20. The summed E-state index contributed by atoms with van der Waals surface area (Å²) < 4.78 is 1.32. The summed E-state index contributed by atoms with van der Waals surface area (Å²) in [6.45, 7) is 2.30. The molecule has 1 saturated heterocycles. The summed E-state index contributed by atoms with van der Waals surface area (Å²) in [4.78, 5) is 29.4. The van der Waals surface area contributed by atoms with Crippen molar-refractivity contribution in [1.29, 1.82) is 0 Å². The number of amides is 1. The maximum absolute atomic E-state index is 12.4. The molecule has 1 fully saturated rings. The van der Waals surface area contributed by atoms with Gasteiger partial charge in [-0.1, -0.05) is 6.07 Å². The maximum Gasteiger partial charge on any atom is 0.268 e. The molecule has 4 rings (SSSR count). The number of rotatable bonds is 4. The number of hydrogen-bond acceptors (Lipinski definition) is 4. The predicted molar refractivity (Wildman–Crippen MR) is 100 cm³/mol. The minimum absolute atomic E-state index is 0.0600. The minimum Gasteiger partial charge on any atom is -0.370 e. The van der Waals surface area contributed by atoms with Gasteiger partial charge in [-0.05, 0) is 35.9 Å². The van der Waals surface area contributed by atoms with E-state index < -0.39 is 0 Å². The van der Waals surface area contributed by atoms with Crippen LogP contribution in [0.2, 0.25) is 0 Å². The highest BCUT2D eigenvalue weighted by atomic mass is 16.1. The van der Waals surface area contributed by atoms with Crippen LogP contribution in [0.5, 0.6) is 0 Å². The van der Waals surface area contributed by atoms with Crippen molar-refractivity contribution >= 4 is 22.5 Å². The normalized spacial score (nSPS) is 17.0. The lowest BCUT2D eigenvalue weighted by Crippen LogP contribution is -2.31. The van der Waals surface area contributed by atoms with Crippen LogP contribution < -0.4 is 15.8 Å². The van der Waals surface area contributed by atoms with Gasteiger partial charge in [0.15, 0.2) is 0 Å². The number of aryl methyl sites for hydroxylation is 1. The summed E-state index contributed by atoms with van der Waals surface area (Å²) >= 11 is 0. The first kappa shape index (κ1) is 16.4. The molecule has 0 bridgehead atoms. The molecule has 1 amide bonds. The third kappa shape index (κ3) is 3.20. The van der Waals surface area contributed by atoms with Crippen molar-refractivity contribution in [1.82, 2.24) is 20.1 Å². The number of aromatic amines is 1. The van der Waals surface area contributed by atoms with Crippen LogP contribution in [0.3, 0.4) is 0 Å². The van der Waals surface area contributed by atoms with Gasteiger partial charge in [0.25, 0.3) is 11.5 Å². The molecule has 0 saturated carbocycles. The maximum atomic E-state index is 12.4. The number of nitrogens with zero attached hydrogens (tertiary/aromatic N) is 3. The van der Waals surface area contributed by atoms with Crippen molar-refractivity contribution in [3.05, 3.63) is 58.6 Å². The summed E-state index contributed by atoms with van der Waals surface area (Å²) in [5.41, 5.74) is 2.35. The molecule has 1 aliphatic heterocycles. The molecule has 3 aromatic rings. The van der Waals surface area contributed by atoms with E-state index >= 15 is 0 Å². The molecule has 1 aliphatic rings. The second-order valence-electron chi connectivity index (χ2n) is 6.77. The van der Waals surface area contributed by atoms with Crippen LogP contribution in [0.15, 0.2) is 47.5 Å². The van der Waals surface area contributed by atoms with Gasteiger partial charge in [0, 0.05) is 50.0 Å². The van der Waals surface area contributed by atoms with Crippen LogP contribution in [-0.4, -0.2) is 40.3 Å². The molecule has 0 radical (unpaired) electrons. The fourth-order valence-electron chi connectivity index (χ4n) is 3.39. The summed E-state index contributed by atoms with van der Waals surface area (Å²) in [7, 11) is 1.64. The van der Waals surface area contributed by atoms with Crippen LogP contribution in [0.1, 0.15) is 16.8 Å². The number of aromatic nitrogens is 3. The van der Waals surface area contributed by atoms with Crippen LogP contribution in [0.25, 0.3) is 10.9 Å². The molecule has 134 valence electrons. The lowest BCUT2D eigenvalue weighted by atomic mass is 10.1. The van der Waals surface area contributed by atoms with Gasteiger partial charge in [-0.2, -0.15) is 5.10 Å². The lowest BCUT2D eigenvalue weighted by molar-refractivity contribution is 0.0948. The van der Waals surface area contributed by atoms with Crippen molar-refractivity contribution in [2.75, 3.05) is 24.5 Å². The van der Waals surface area contributed by atoms with Crippen molar-refractivity contribution in [2.24, 2.45) is 13.0 Å². The Bertz CT molecular complexity index is 1010. The van der Waals surface area contributed by atoms with E-state index in [-0.39, 0.29) is 11.5 Å².